The second-order valence-corrected chi connectivity index (χ2v) is 7.69. The van der Waals surface area contributed by atoms with Gasteiger partial charge in [0.15, 0.2) is 5.78 Å². The van der Waals surface area contributed by atoms with Gasteiger partial charge in [0.05, 0.1) is 5.25 Å². The van der Waals surface area contributed by atoms with E-state index in [1.165, 1.54) is 12.1 Å². The third-order valence-corrected chi connectivity index (χ3v) is 6.70. The fourth-order valence-electron chi connectivity index (χ4n) is 1.95. The van der Waals surface area contributed by atoms with E-state index >= 15 is 0 Å². The van der Waals surface area contributed by atoms with Crippen LogP contribution in [0, 0.1) is 12.7 Å². The number of ketones is 1. The lowest BCUT2D eigenvalue weighted by atomic mass is 10.0. The van der Waals surface area contributed by atoms with Crippen LogP contribution in [0.15, 0.2) is 18.2 Å². The van der Waals surface area contributed by atoms with Crippen molar-refractivity contribution in [3.8, 4) is 0 Å². The van der Waals surface area contributed by atoms with Gasteiger partial charge in [0.25, 0.3) is 0 Å². The maximum atomic E-state index is 13.2. The van der Waals surface area contributed by atoms with Gasteiger partial charge in [0.1, 0.15) is 5.82 Å². The molecule has 1 nitrogen and oxygen atoms in total. The number of carbonyl (C=O) groups excluding carboxylic acids is 1. The summed E-state index contributed by atoms with van der Waals surface area (Å²) >= 11 is 3.55. The van der Waals surface area contributed by atoms with Crippen molar-refractivity contribution in [2.75, 3.05) is 5.75 Å². The molecule has 0 amide bonds. The Kier molecular flexibility index (Phi) is 4.38. The third kappa shape index (κ3) is 2.91. The number of aryl methyl sites for hydroxylation is 1. The summed E-state index contributed by atoms with van der Waals surface area (Å²) in [5.41, 5.74) is 1.40. The Balaban J connectivity index is 2.19. The Morgan fingerprint density at radius 2 is 2.06 bits per heavy atom. The van der Waals surface area contributed by atoms with Crippen molar-refractivity contribution in [2.24, 2.45) is 0 Å². The van der Waals surface area contributed by atoms with E-state index in [0.717, 1.165) is 11.3 Å². The normalized spacial score (nSPS) is 28.1. The van der Waals surface area contributed by atoms with Crippen LogP contribution in [-0.2, 0) is 0 Å². The van der Waals surface area contributed by atoms with Gasteiger partial charge < -0.3 is 0 Å². The van der Waals surface area contributed by atoms with Crippen molar-refractivity contribution in [3.63, 3.8) is 0 Å². The fourth-order valence-corrected chi connectivity index (χ4v) is 4.82. The molecule has 1 saturated heterocycles. The van der Waals surface area contributed by atoms with Crippen LogP contribution in [0.3, 0.4) is 0 Å². The van der Waals surface area contributed by atoms with E-state index < -0.39 is 0 Å². The molecule has 1 heterocycles. The van der Waals surface area contributed by atoms with Gasteiger partial charge in [-0.1, -0.05) is 19.9 Å². The first-order chi connectivity index (χ1) is 8.49. The van der Waals surface area contributed by atoms with E-state index in [2.05, 4.69) is 13.8 Å². The highest BCUT2D eigenvalue weighted by atomic mass is 32.2. The topological polar surface area (TPSA) is 17.1 Å². The number of halogens is 1. The average molecular weight is 284 g/mol. The highest BCUT2D eigenvalue weighted by molar-refractivity contribution is 8.08. The monoisotopic (exact) mass is 284 g/mol. The molecule has 2 rings (SSSR count). The molecule has 0 aromatic heterocycles. The molecule has 3 unspecified atom stereocenters. The SMILES string of the molecule is Cc1ccc(F)cc1C(=O)C1CSC(C)C(C)S1. The van der Waals surface area contributed by atoms with Gasteiger partial charge in [-0.05, 0) is 24.6 Å². The first-order valence-corrected chi connectivity index (χ1v) is 8.05. The zero-order valence-electron chi connectivity index (χ0n) is 10.8. The summed E-state index contributed by atoms with van der Waals surface area (Å²) in [6, 6.07) is 4.44. The second-order valence-electron chi connectivity index (χ2n) is 4.69. The zero-order valence-corrected chi connectivity index (χ0v) is 12.4. The quantitative estimate of drug-likeness (QED) is 0.766. The minimum atomic E-state index is -0.334. The molecular formula is C14H17FOS2. The van der Waals surface area contributed by atoms with Gasteiger partial charge in [-0.2, -0.15) is 11.8 Å². The molecule has 1 fully saturated rings. The smallest absolute Gasteiger partial charge is 0.177 e. The van der Waals surface area contributed by atoms with Crippen molar-refractivity contribution in [1.29, 1.82) is 0 Å². The molecule has 1 aromatic rings. The average Bonchev–Trinajstić information content (AvgIpc) is 2.35. The molecule has 18 heavy (non-hydrogen) atoms. The number of hydrogen-bond acceptors (Lipinski definition) is 3. The van der Waals surface area contributed by atoms with Gasteiger partial charge in [0, 0.05) is 21.8 Å². The van der Waals surface area contributed by atoms with E-state index in [-0.39, 0.29) is 16.9 Å². The number of benzene rings is 1. The van der Waals surface area contributed by atoms with Crippen molar-refractivity contribution in [3.05, 3.63) is 35.1 Å². The summed E-state index contributed by atoms with van der Waals surface area (Å²) < 4.78 is 13.2. The summed E-state index contributed by atoms with van der Waals surface area (Å²) in [6.07, 6.45) is 0. The molecule has 0 saturated carbocycles. The Bertz CT molecular complexity index is 461. The van der Waals surface area contributed by atoms with E-state index in [0.29, 0.717) is 16.1 Å². The van der Waals surface area contributed by atoms with Gasteiger partial charge in [0.2, 0.25) is 0 Å². The molecule has 98 valence electrons. The van der Waals surface area contributed by atoms with E-state index in [9.17, 15) is 9.18 Å². The molecular weight excluding hydrogens is 267 g/mol. The lowest BCUT2D eigenvalue weighted by Crippen LogP contribution is -2.32. The molecule has 1 aliphatic rings. The molecule has 1 aliphatic heterocycles. The highest BCUT2D eigenvalue weighted by Gasteiger charge is 2.31. The summed E-state index contributed by atoms with van der Waals surface area (Å²) in [6.45, 7) is 6.20. The minimum Gasteiger partial charge on any atom is -0.293 e. The molecule has 0 radical (unpaired) electrons. The van der Waals surface area contributed by atoms with Crippen LogP contribution in [0.4, 0.5) is 4.39 Å². The van der Waals surface area contributed by atoms with Crippen LogP contribution in [-0.4, -0.2) is 27.3 Å². The Morgan fingerprint density at radius 1 is 1.33 bits per heavy atom. The Hall–Kier alpha value is -0.480. The van der Waals surface area contributed by atoms with Gasteiger partial charge in [-0.3, -0.25) is 4.79 Å². The van der Waals surface area contributed by atoms with E-state index in [1.807, 2.05) is 18.7 Å². The number of carbonyl (C=O) groups is 1. The van der Waals surface area contributed by atoms with Crippen molar-refractivity contribution in [1.82, 2.24) is 0 Å². The number of Topliss-reactive ketones (excluding diaryl/α,β-unsaturated/α-hetero) is 1. The number of hydrogen-bond donors (Lipinski definition) is 0. The predicted molar refractivity (Wildman–Crippen MR) is 78.2 cm³/mol. The van der Waals surface area contributed by atoms with Crippen LogP contribution < -0.4 is 0 Å². The Morgan fingerprint density at radius 3 is 2.72 bits per heavy atom. The van der Waals surface area contributed by atoms with E-state index in [4.69, 9.17) is 0 Å². The predicted octanol–water partition coefficient (Wildman–Crippen LogP) is 3.94. The summed E-state index contributed by atoms with van der Waals surface area (Å²) in [5.74, 6) is 0.562. The van der Waals surface area contributed by atoms with Crippen molar-refractivity contribution < 1.29 is 9.18 Å². The molecule has 0 spiro atoms. The molecule has 4 heteroatoms. The lowest BCUT2D eigenvalue weighted by Gasteiger charge is -2.30. The number of rotatable bonds is 2. The Labute approximate surface area is 116 Å². The fraction of sp³-hybridized carbons (Fsp3) is 0.500. The standard InChI is InChI=1S/C14H17FOS2/c1-8-4-5-11(15)6-12(8)14(16)13-7-17-9(2)10(3)18-13/h4-6,9-10,13H,7H2,1-3H3. The van der Waals surface area contributed by atoms with Crippen LogP contribution in [0.2, 0.25) is 0 Å². The maximum Gasteiger partial charge on any atom is 0.177 e. The van der Waals surface area contributed by atoms with Crippen LogP contribution in [0.5, 0.6) is 0 Å². The van der Waals surface area contributed by atoms with Crippen molar-refractivity contribution >= 4 is 29.3 Å². The van der Waals surface area contributed by atoms with Crippen molar-refractivity contribution in [2.45, 2.75) is 36.5 Å². The molecule has 0 N–H and O–H groups in total. The van der Waals surface area contributed by atoms with Crippen LogP contribution in [0.25, 0.3) is 0 Å². The third-order valence-electron chi connectivity index (χ3n) is 3.31. The molecule has 3 atom stereocenters. The molecule has 1 aromatic carbocycles. The maximum absolute atomic E-state index is 13.2. The van der Waals surface area contributed by atoms with Crippen LogP contribution >= 0.6 is 23.5 Å². The van der Waals surface area contributed by atoms with Gasteiger partial charge in [-0.15, -0.1) is 11.8 Å². The second kappa shape index (κ2) is 5.66. The van der Waals surface area contributed by atoms with E-state index in [1.54, 1.807) is 17.8 Å². The highest BCUT2D eigenvalue weighted by Crippen LogP contribution is 2.37. The zero-order chi connectivity index (χ0) is 13.3. The first kappa shape index (κ1) is 13.9. The largest absolute Gasteiger partial charge is 0.293 e. The minimum absolute atomic E-state index is 0.0401. The summed E-state index contributed by atoms with van der Waals surface area (Å²) in [7, 11) is 0. The first-order valence-electron chi connectivity index (χ1n) is 6.06. The molecule has 0 aliphatic carbocycles. The van der Waals surface area contributed by atoms with Gasteiger partial charge >= 0.3 is 0 Å². The van der Waals surface area contributed by atoms with Crippen LogP contribution in [0.1, 0.15) is 29.8 Å². The summed E-state index contributed by atoms with van der Waals surface area (Å²) in [4.78, 5) is 12.4. The lowest BCUT2D eigenvalue weighted by molar-refractivity contribution is 0.0993. The number of thioether (sulfide) groups is 2. The summed E-state index contributed by atoms with van der Waals surface area (Å²) in [5, 5.41) is 1.00. The van der Waals surface area contributed by atoms with Gasteiger partial charge in [-0.25, -0.2) is 4.39 Å². The molecule has 0 bridgehead atoms.